The normalized spacial score (nSPS) is 12.2. The monoisotopic (exact) mass is 293 g/mol. The third-order valence-corrected chi connectivity index (χ3v) is 3.16. The Labute approximate surface area is 122 Å². The predicted octanol–water partition coefficient (Wildman–Crippen LogP) is 2.19. The third-order valence-electron chi connectivity index (χ3n) is 2.91. The van der Waals surface area contributed by atoms with Crippen molar-refractivity contribution in [3.8, 4) is 0 Å². The molecular formula is C14H16ClN3O2. The molecule has 1 aromatic carbocycles. The zero-order valence-electron chi connectivity index (χ0n) is 11.3. The topological polar surface area (TPSA) is 56.1 Å². The molecule has 6 heteroatoms. The fraction of sp³-hybridized carbons (Fsp3) is 0.286. The molecule has 2 aromatic rings. The van der Waals surface area contributed by atoms with Crippen LogP contribution in [0.1, 0.15) is 22.2 Å². The molecule has 0 aliphatic rings. The maximum atomic E-state index is 11.9. The van der Waals surface area contributed by atoms with Crippen LogP contribution < -0.4 is 5.32 Å². The van der Waals surface area contributed by atoms with Crippen LogP contribution in [-0.4, -0.2) is 29.1 Å². The van der Waals surface area contributed by atoms with Crippen LogP contribution in [0.4, 0.5) is 0 Å². The second kappa shape index (κ2) is 6.54. The van der Waals surface area contributed by atoms with Gasteiger partial charge in [0.1, 0.15) is 5.69 Å². The molecule has 0 saturated heterocycles. The largest absolute Gasteiger partial charge is 0.375 e. The van der Waals surface area contributed by atoms with Crippen molar-refractivity contribution in [2.24, 2.45) is 7.05 Å². The SMILES string of the molecule is COC(CNC(=O)c1cn(C)cn1)c1ccc(Cl)cc1. The van der Waals surface area contributed by atoms with Crippen molar-refractivity contribution >= 4 is 17.5 Å². The number of hydrogen-bond donors (Lipinski definition) is 1. The van der Waals surface area contributed by atoms with E-state index in [-0.39, 0.29) is 12.0 Å². The average Bonchev–Trinajstić information content (AvgIpc) is 2.88. The molecule has 0 fully saturated rings. The first kappa shape index (κ1) is 14.6. The van der Waals surface area contributed by atoms with Crippen LogP contribution >= 0.6 is 11.6 Å². The van der Waals surface area contributed by atoms with Crippen LogP contribution in [0.3, 0.4) is 0 Å². The van der Waals surface area contributed by atoms with Gasteiger partial charge in [-0.15, -0.1) is 0 Å². The molecular weight excluding hydrogens is 278 g/mol. The van der Waals surface area contributed by atoms with Gasteiger partial charge in [0.2, 0.25) is 0 Å². The number of carbonyl (C=O) groups is 1. The van der Waals surface area contributed by atoms with Gasteiger partial charge in [-0.1, -0.05) is 23.7 Å². The Balaban J connectivity index is 1.97. The van der Waals surface area contributed by atoms with E-state index in [1.165, 1.54) is 0 Å². The Morgan fingerprint density at radius 1 is 1.45 bits per heavy atom. The summed E-state index contributed by atoms with van der Waals surface area (Å²) in [5, 5.41) is 3.47. The van der Waals surface area contributed by atoms with Gasteiger partial charge in [0, 0.05) is 31.9 Å². The Hall–Kier alpha value is -1.85. The smallest absolute Gasteiger partial charge is 0.271 e. The number of amides is 1. The summed E-state index contributed by atoms with van der Waals surface area (Å²) >= 11 is 5.85. The van der Waals surface area contributed by atoms with Gasteiger partial charge in [-0.2, -0.15) is 0 Å². The van der Waals surface area contributed by atoms with E-state index in [0.717, 1.165) is 5.56 Å². The first-order valence-corrected chi connectivity index (χ1v) is 6.52. The summed E-state index contributed by atoms with van der Waals surface area (Å²) in [5.41, 5.74) is 1.34. The van der Waals surface area contributed by atoms with Crippen LogP contribution in [-0.2, 0) is 11.8 Å². The summed E-state index contributed by atoms with van der Waals surface area (Å²) in [6, 6.07) is 7.35. The number of benzene rings is 1. The minimum absolute atomic E-state index is 0.221. The van der Waals surface area contributed by atoms with Gasteiger partial charge in [-0.25, -0.2) is 4.98 Å². The van der Waals surface area contributed by atoms with Crippen molar-refractivity contribution in [3.63, 3.8) is 0 Å². The number of ether oxygens (including phenoxy) is 1. The molecule has 1 N–H and O–H groups in total. The highest BCUT2D eigenvalue weighted by molar-refractivity contribution is 6.30. The second-order valence-electron chi connectivity index (χ2n) is 4.41. The van der Waals surface area contributed by atoms with Gasteiger partial charge in [0.25, 0.3) is 5.91 Å². The molecule has 1 unspecified atom stereocenters. The highest BCUT2D eigenvalue weighted by Gasteiger charge is 2.14. The Morgan fingerprint density at radius 2 is 2.15 bits per heavy atom. The first-order valence-electron chi connectivity index (χ1n) is 6.14. The maximum Gasteiger partial charge on any atom is 0.271 e. The van der Waals surface area contributed by atoms with Crippen LogP contribution in [0.15, 0.2) is 36.8 Å². The molecule has 0 radical (unpaired) electrons. The van der Waals surface area contributed by atoms with Gasteiger partial charge >= 0.3 is 0 Å². The zero-order chi connectivity index (χ0) is 14.5. The summed E-state index contributed by atoms with van der Waals surface area (Å²) in [6.07, 6.45) is 3.03. The third kappa shape index (κ3) is 3.59. The fourth-order valence-electron chi connectivity index (χ4n) is 1.82. The lowest BCUT2D eigenvalue weighted by molar-refractivity contribution is 0.0824. The highest BCUT2D eigenvalue weighted by Crippen LogP contribution is 2.18. The lowest BCUT2D eigenvalue weighted by Gasteiger charge is -2.16. The molecule has 1 atom stereocenters. The van der Waals surface area contributed by atoms with E-state index in [2.05, 4.69) is 10.3 Å². The standard InChI is InChI=1S/C14H16ClN3O2/c1-18-8-12(17-9-18)14(19)16-7-13(20-2)10-3-5-11(15)6-4-10/h3-6,8-9,13H,7H2,1-2H3,(H,16,19). The van der Waals surface area contributed by atoms with Crippen molar-refractivity contribution < 1.29 is 9.53 Å². The number of carbonyl (C=O) groups excluding carboxylic acids is 1. The molecule has 20 heavy (non-hydrogen) atoms. The van der Waals surface area contributed by atoms with Gasteiger partial charge in [-0.05, 0) is 17.7 Å². The van der Waals surface area contributed by atoms with Gasteiger partial charge in [0.15, 0.2) is 0 Å². The first-order chi connectivity index (χ1) is 9.60. The number of imidazole rings is 1. The molecule has 0 aliphatic heterocycles. The van der Waals surface area contributed by atoms with E-state index in [1.807, 2.05) is 19.2 Å². The summed E-state index contributed by atoms with van der Waals surface area (Å²) in [7, 11) is 3.42. The summed E-state index contributed by atoms with van der Waals surface area (Å²) < 4.78 is 7.11. The zero-order valence-corrected chi connectivity index (χ0v) is 12.1. The van der Waals surface area contributed by atoms with Crippen molar-refractivity contribution in [3.05, 3.63) is 53.1 Å². The van der Waals surface area contributed by atoms with Crippen molar-refractivity contribution in [2.75, 3.05) is 13.7 Å². The van der Waals surface area contributed by atoms with E-state index in [1.54, 1.807) is 36.3 Å². The average molecular weight is 294 g/mol. The van der Waals surface area contributed by atoms with Crippen LogP contribution in [0.2, 0.25) is 5.02 Å². The van der Waals surface area contributed by atoms with Crippen LogP contribution in [0, 0.1) is 0 Å². The van der Waals surface area contributed by atoms with Crippen LogP contribution in [0.5, 0.6) is 0 Å². The lowest BCUT2D eigenvalue weighted by atomic mass is 10.1. The molecule has 0 saturated carbocycles. The maximum absolute atomic E-state index is 11.9. The van der Waals surface area contributed by atoms with Gasteiger partial charge < -0.3 is 14.6 Å². The fourth-order valence-corrected chi connectivity index (χ4v) is 1.95. The minimum Gasteiger partial charge on any atom is -0.375 e. The van der Waals surface area contributed by atoms with Crippen molar-refractivity contribution in [1.29, 1.82) is 0 Å². The van der Waals surface area contributed by atoms with Crippen molar-refractivity contribution in [1.82, 2.24) is 14.9 Å². The van der Waals surface area contributed by atoms with E-state index in [4.69, 9.17) is 16.3 Å². The van der Waals surface area contributed by atoms with E-state index in [9.17, 15) is 4.79 Å². The molecule has 0 bridgehead atoms. The molecule has 2 rings (SSSR count). The molecule has 0 spiro atoms. The summed E-state index contributed by atoms with van der Waals surface area (Å²) in [4.78, 5) is 15.9. The molecule has 1 heterocycles. The summed E-state index contributed by atoms with van der Waals surface area (Å²) in [6.45, 7) is 0.369. The van der Waals surface area contributed by atoms with Crippen molar-refractivity contribution in [2.45, 2.75) is 6.10 Å². The lowest BCUT2D eigenvalue weighted by Crippen LogP contribution is -2.29. The number of halogens is 1. The molecule has 1 amide bonds. The Kier molecular flexibility index (Phi) is 4.76. The molecule has 0 aliphatic carbocycles. The van der Waals surface area contributed by atoms with E-state index in [0.29, 0.717) is 17.3 Å². The number of aryl methyl sites for hydroxylation is 1. The number of hydrogen-bond acceptors (Lipinski definition) is 3. The van der Waals surface area contributed by atoms with E-state index >= 15 is 0 Å². The molecule has 1 aromatic heterocycles. The number of methoxy groups -OCH3 is 1. The summed E-state index contributed by atoms with van der Waals surface area (Å²) in [5.74, 6) is -0.221. The quantitative estimate of drug-likeness (QED) is 0.919. The predicted molar refractivity (Wildman–Crippen MR) is 76.7 cm³/mol. The van der Waals surface area contributed by atoms with Gasteiger partial charge in [0.05, 0.1) is 12.4 Å². The van der Waals surface area contributed by atoms with E-state index < -0.39 is 0 Å². The highest BCUT2D eigenvalue weighted by atomic mass is 35.5. The minimum atomic E-state index is -0.222. The molecule has 106 valence electrons. The number of nitrogens with one attached hydrogen (secondary N) is 1. The van der Waals surface area contributed by atoms with Gasteiger partial charge in [-0.3, -0.25) is 4.79 Å². The van der Waals surface area contributed by atoms with Crippen LogP contribution in [0.25, 0.3) is 0 Å². The molecule has 5 nitrogen and oxygen atoms in total. The number of nitrogens with zero attached hydrogens (tertiary/aromatic N) is 2. The number of aromatic nitrogens is 2. The Bertz CT molecular complexity index is 580. The second-order valence-corrected chi connectivity index (χ2v) is 4.85. The Morgan fingerprint density at radius 3 is 2.70 bits per heavy atom. The number of rotatable bonds is 5.